The minimum atomic E-state index is -3.89. The average Bonchev–Trinajstić information content (AvgIpc) is 2.80. The van der Waals surface area contributed by atoms with E-state index in [0.29, 0.717) is 5.56 Å². The number of esters is 1. The Hall–Kier alpha value is -1.45. The number of piperazine rings is 1. The molecule has 2 rings (SSSR count). The van der Waals surface area contributed by atoms with Crippen LogP contribution in [0.4, 0.5) is 0 Å². The van der Waals surface area contributed by atoms with Gasteiger partial charge in [-0.15, -0.1) is 11.3 Å². The highest BCUT2D eigenvalue weighted by Crippen LogP contribution is 2.30. The molecular formula is C11H14N2O5S2. The molecule has 1 aromatic heterocycles. The first-order valence-electron chi connectivity index (χ1n) is 5.81. The van der Waals surface area contributed by atoms with E-state index in [4.69, 9.17) is 0 Å². The molecule has 1 aliphatic rings. The average molecular weight is 318 g/mol. The molecule has 0 aliphatic carbocycles. The van der Waals surface area contributed by atoms with Gasteiger partial charge in [0.25, 0.3) is 0 Å². The molecule has 0 saturated carbocycles. The second-order valence-corrected chi connectivity index (χ2v) is 7.01. The molecule has 7 nitrogen and oxygen atoms in total. The Morgan fingerprint density at radius 1 is 1.50 bits per heavy atom. The quantitative estimate of drug-likeness (QED) is 0.790. The van der Waals surface area contributed by atoms with E-state index < -0.39 is 16.0 Å². The summed E-state index contributed by atoms with van der Waals surface area (Å²) in [6.45, 7) is 1.82. The van der Waals surface area contributed by atoms with Gasteiger partial charge in [0.05, 0.1) is 13.7 Å². The van der Waals surface area contributed by atoms with Crippen molar-refractivity contribution in [1.29, 1.82) is 0 Å². The lowest BCUT2D eigenvalue weighted by Gasteiger charge is -2.26. The SMILES string of the molecule is COC(=O)c1scc(C)c1S(=O)(=O)N1CCNC(=O)C1. The zero-order chi connectivity index (χ0) is 14.9. The standard InChI is InChI=1S/C11H14N2O5S2/c1-7-6-19-9(11(15)18-2)10(7)20(16,17)13-4-3-12-8(14)5-13/h6H,3-5H2,1-2H3,(H,12,14). The lowest BCUT2D eigenvalue weighted by Crippen LogP contribution is -2.50. The molecule has 0 bridgehead atoms. The fraction of sp³-hybridized carbons (Fsp3) is 0.455. The van der Waals surface area contributed by atoms with Gasteiger partial charge in [-0.25, -0.2) is 13.2 Å². The highest BCUT2D eigenvalue weighted by Gasteiger charge is 2.35. The molecule has 0 atom stereocenters. The van der Waals surface area contributed by atoms with Crippen LogP contribution in [0.15, 0.2) is 10.3 Å². The fourth-order valence-corrected chi connectivity index (χ4v) is 4.99. The molecule has 2 heterocycles. The summed E-state index contributed by atoms with van der Waals surface area (Å²) >= 11 is 1.02. The normalized spacial score (nSPS) is 16.8. The monoisotopic (exact) mass is 318 g/mol. The summed E-state index contributed by atoms with van der Waals surface area (Å²) < 4.78 is 30.9. The van der Waals surface area contributed by atoms with E-state index in [-0.39, 0.29) is 35.3 Å². The van der Waals surface area contributed by atoms with Crippen LogP contribution < -0.4 is 5.32 Å². The van der Waals surface area contributed by atoms with E-state index in [1.54, 1.807) is 12.3 Å². The molecule has 9 heteroatoms. The molecular weight excluding hydrogens is 304 g/mol. The maximum atomic E-state index is 12.6. The number of hydrogen-bond acceptors (Lipinski definition) is 6. The predicted molar refractivity (Wildman–Crippen MR) is 72.2 cm³/mol. The Morgan fingerprint density at radius 2 is 2.20 bits per heavy atom. The molecule has 1 amide bonds. The maximum absolute atomic E-state index is 12.6. The van der Waals surface area contributed by atoms with Gasteiger partial charge in [-0.3, -0.25) is 4.79 Å². The molecule has 110 valence electrons. The summed E-state index contributed by atoms with van der Waals surface area (Å²) in [6.07, 6.45) is 0. The number of sulfonamides is 1. The van der Waals surface area contributed by atoms with Gasteiger partial charge in [0.1, 0.15) is 9.77 Å². The van der Waals surface area contributed by atoms with Gasteiger partial charge in [-0.1, -0.05) is 0 Å². The Kier molecular flexibility index (Phi) is 4.11. The van der Waals surface area contributed by atoms with Crippen molar-refractivity contribution < 1.29 is 22.7 Å². The Labute approximate surface area is 120 Å². The number of methoxy groups -OCH3 is 1. The molecule has 1 N–H and O–H groups in total. The number of carbonyl (C=O) groups is 2. The first kappa shape index (κ1) is 14.9. The van der Waals surface area contributed by atoms with Gasteiger partial charge in [0.15, 0.2) is 0 Å². The highest BCUT2D eigenvalue weighted by atomic mass is 32.2. The molecule has 20 heavy (non-hydrogen) atoms. The molecule has 0 aromatic carbocycles. The van der Waals surface area contributed by atoms with Crippen LogP contribution in [0.5, 0.6) is 0 Å². The summed E-state index contributed by atoms with van der Waals surface area (Å²) in [5, 5.41) is 4.14. The number of nitrogens with one attached hydrogen (secondary N) is 1. The number of rotatable bonds is 3. The van der Waals surface area contributed by atoms with Crippen molar-refractivity contribution in [3.8, 4) is 0 Å². The molecule has 1 aromatic rings. The number of thiophene rings is 1. The predicted octanol–water partition coefficient (Wildman–Crippen LogP) is -0.0364. The third-order valence-corrected chi connectivity index (χ3v) is 6.13. The van der Waals surface area contributed by atoms with E-state index in [9.17, 15) is 18.0 Å². The number of carbonyl (C=O) groups excluding carboxylic acids is 2. The topological polar surface area (TPSA) is 92.8 Å². The summed E-state index contributed by atoms with van der Waals surface area (Å²) in [7, 11) is -2.69. The summed E-state index contributed by atoms with van der Waals surface area (Å²) in [5.41, 5.74) is 0.474. The van der Waals surface area contributed by atoms with Gasteiger partial charge in [-0.2, -0.15) is 4.31 Å². The molecule has 1 fully saturated rings. The zero-order valence-corrected chi connectivity index (χ0v) is 12.6. The summed E-state index contributed by atoms with van der Waals surface area (Å²) in [5.74, 6) is -1.05. The zero-order valence-electron chi connectivity index (χ0n) is 11.0. The molecule has 0 unspecified atom stereocenters. The minimum Gasteiger partial charge on any atom is -0.465 e. The lowest BCUT2D eigenvalue weighted by atomic mass is 10.3. The fourth-order valence-electron chi connectivity index (χ4n) is 1.94. The van der Waals surface area contributed by atoms with Crippen LogP contribution in [-0.4, -0.2) is 51.3 Å². The van der Waals surface area contributed by atoms with Crippen LogP contribution in [0.2, 0.25) is 0 Å². The highest BCUT2D eigenvalue weighted by molar-refractivity contribution is 7.89. The van der Waals surface area contributed by atoms with Gasteiger partial charge in [-0.05, 0) is 17.9 Å². The van der Waals surface area contributed by atoms with E-state index in [1.165, 1.54) is 7.11 Å². The Bertz CT molecular complexity index is 650. The Balaban J connectivity index is 2.46. The first-order valence-corrected chi connectivity index (χ1v) is 8.13. The Morgan fingerprint density at radius 3 is 2.80 bits per heavy atom. The number of hydrogen-bond donors (Lipinski definition) is 1. The third-order valence-electron chi connectivity index (χ3n) is 2.89. The van der Waals surface area contributed by atoms with Crippen molar-refractivity contribution >= 4 is 33.2 Å². The van der Waals surface area contributed by atoms with Crippen molar-refractivity contribution in [1.82, 2.24) is 9.62 Å². The largest absolute Gasteiger partial charge is 0.465 e. The van der Waals surface area contributed by atoms with Crippen molar-refractivity contribution in [3.63, 3.8) is 0 Å². The second kappa shape index (κ2) is 5.51. The molecule has 1 aliphatic heterocycles. The van der Waals surface area contributed by atoms with E-state index >= 15 is 0 Å². The third kappa shape index (κ3) is 2.56. The van der Waals surface area contributed by atoms with Gasteiger partial charge in [0, 0.05) is 13.1 Å². The second-order valence-electron chi connectivity index (χ2n) is 4.26. The van der Waals surface area contributed by atoms with Crippen molar-refractivity contribution in [2.45, 2.75) is 11.8 Å². The van der Waals surface area contributed by atoms with Crippen molar-refractivity contribution in [2.24, 2.45) is 0 Å². The van der Waals surface area contributed by atoms with Crippen LogP contribution in [0, 0.1) is 6.92 Å². The molecule has 1 saturated heterocycles. The van der Waals surface area contributed by atoms with Crippen molar-refractivity contribution in [2.75, 3.05) is 26.7 Å². The van der Waals surface area contributed by atoms with Gasteiger partial charge in [0.2, 0.25) is 15.9 Å². The number of aryl methyl sites for hydroxylation is 1. The van der Waals surface area contributed by atoms with E-state index in [0.717, 1.165) is 15.6 Å². The molecule has 0 radical (unpaired) electrons. The van der Waals surface area contributed by atoms with Crippen LogP contribution in [0.1, 0.15) is 15.2 Å². The van der Waals surface area contributed by atoms with Crippen LogP contribution in [-0.2, 0) is 19.6 Å². The summed E-state index contributed by atoms with van der Waals surface area (Å²) in [6, 6.07) is 0. The minimum absolute atomic E-state index is 0.0379. The van der Waals surface area contributed by atoms with E-state index in [1.807, 2.05) is 0 Å². The lowest BCUT2D eigenvalue weighted by molar-refractivity contribution is -0.122. The maximum Gasteiger partial charge on any atom is 0.349 e. The van der Waals surface area contributed by atoms with E-state index in [2.05, 4.69) is 10.1 Å². The van der Waals surface area contributed by atoms with Gasteiger partial charge >= 0.3 is 5.97 Å². The summed E-state index contributed by atoms with van der Waals surface area (Å²) in [4.78, 5) is 23.0. The van der Waals surface area contributed by atoms with Crippen LogP contribution >= 0.6 is 11.3 Å². The van der Waals surface area contributed by atoms with Crippen LogP contribution in [0.25, 0.3) is 0 Å². The first-order chi connectivity index (χ1) is 9.37. The van der Waals surface area contributed by atoms with Crippen molar-refractivity contribution in [3.05, 3.63) is 15.8 Å². The number of nitrogens with zero attached hydrogens (tertiary/aromatic N) is 1. The van der Waals surface area contributed by atoms with Gasteiger partial charge < -0.3 is 10.1 Å². The number of ether oxygens (including phenoxy) is 1. The van der Waals surface area contributed by atoms with Crippen LogP contribution in [0.3, 0.4) is 0 Å². The smallest absolute Gasteiger partial charge is 0.349 e. The number of amides is 1. The molecule has 0 spiro atoms.